The third kappa shape index (κ3) is 9.90. The number of aromatic nitrogens is 8. The van der Waals surface area contributed by atoms with E-state index in [4.69, 9.17) is 9.72 Å². The lowest BCUT2D eigenvalue weighted by molar-refractivity contribution is -0.135. The van der Waals surface area contributed by atoms with Crippen molar-refractivity contribution in [3.63, 3.8) is 0 Å². The number of hydrogen-bond acceptors (Lipinski definition) is 16. The first-order valence-corrected chi connectivity index (χ1v) is 26.1. The summed E-state index contributed by atoms with van der Waals surface area (Å²) in [5.41, 5.74) is 7.51. The molecule has 7 heterocycles. The van der Waals surface area contributed by atoms with Gasteiger partial charge in [-0.05, 0) is 71.4 Å². The van der Waals surface area contributed by atoms with Gasteiger partial charge in [0.15, 0.2) is 0 Å². The first-order valence-electron chi connectivity index (χ1n) is 23.4. The summed E-state index contributed by atoms with van der Waals surface area (Å²) in [5.74, 6) is 0.507. The molecule has 0 saturated carbocycles. The van der Waals surface area contributed by atoms with E-state index in [0.717, 1.165) is 105 Å². The monoisotopic (exact) mass is 1050 g/mol. The number of ether oxygens (including phenoxy) is 1. The lowest BCUT2D eigenvalue weighted by Gasteiger charge is -2.43. The number of piperazine rings is 1. The smallest absolute Gasteiger partial charge is 0.329 e. The van der Waals surface area contributed by atoms with Crippen molar-refractivity contribution < 1.29 is 22.7 Å². The van der Waals surface area contributed by atoms with E-state index in [9.17, 15) is 22.8 Å². The van der Waals surface area contributed by atoms with Crippen LogP contribution in [0.4, 0.5) is 34.5 Å². The number of carbonyl (C=O) groups is 2. The maximum atomic E-state index is 13.5. The second-order valence-corrected chi connectivity index (χ2v) is 20.8. The fraction of sp³-hybridized carbons (Fsp3) is 0.375. The number of para-hydroxylation sites is 1. The predicted molar refractivity (Wildman–Crippen MR) is 275 cm³/mol. The highest BCUT2D eigenvalue weighted by Gasteiger charge is 2.33. The quantitative estimate of drug-likeness (QED) is 0.106. The highest BCUT2D eigenvalue weighted by Crippen LogP contribution is 2.42. The fourth-order valence-electron chi connectivity index (χ4n) is 10.1. The molecule has 0 radical (unpaired) electrons. The molecule has 3 aromatic carbocycles. The Kier molecular flexibility index (Phi) is 13.2. The van der Waals surface area contributed by atoms with Crippen LogP contribution in [0, 0.1) is 0 Å². The normalized spacial score (nSPS) is 17.5. The Balaban J connectivity index is 0.807. The Morgan fingerprint density at radius 3 is 2.42 bits per heavy atom. The predicted octanol–water partition coefficient (Wildman–Crippen LogP) is 4.91. The summed E-state index contributed by atoms with van der Waals surface area (Å²) in [6.07, 6.45) is 12.9. The summed E-state index contributed by atoms with van der Waals surface area (Å²) in [5, 5.41) is 13.5. The van der Waals surface area contributed by atoms with Crippen LogP contribution in [0.25, 0.3) is 33.2 Å². The Bertz CT molecular complexity index is 3360. The number of aryl methyl sites for hydroxylation is 2. The van der Waals surface area contributed by atoms with E-state index in [1.807, 2.05) is 37.6 Å². The van der Waals surface area contributed by atoms with Gasteiger partial charge in [-0.25, -0.2) is 18.2 Å². The molecule has 0 spiro atoms. The summed E-state index contributed by atoms with van der Waals surface area (Å²) in [4.78, 5) is 63.7. The number of carbonyl (C=O) groups excluding carboxylic acids is 2. The van der Waals surface area contributed by atoms with Crippen LogP contribution in [-0.2, 0) is 40.1 Å². The van der Waals surface area contributed by atoms with Gasteiger partial charge < -0.3 is 25.2 Å². The molecule has 3 fully saturated rings. The Labute approximate surface area is 417 Å². The van der Waals surface area contributed by atoms with E-state index >= 15 is 0 Å². The van der Waals surface area contributed by atoms with Crippen LogP contribution in [0.1, 0.15) is 37.3 Å². The summed E-state index contributed by atoms with van der Waals surface area (Å²) in [7, 11) is 1.61. The molecule has 0 bridgehead atoms. The highest BCUT2D eigenvalue weighted by atomic mass is 79.9. The number of anilines is 6. The van der Waals surface area contributed by atoms with Crippen LogP contribution in [0.5, 0.6) is 5.75 Å². The van der Waals surface area contributed by atoms with E-state index in [1.54, 1.807) is 52.5 Å². The van der Waals surface area contributed by atoms with Gasteiger partial charge in [-0.2, -0.15) is 10.1 Å². The third-order valence-electron chi connectivity index (χ3n) is 13.6. The molecule has 3 aliphatic heterocycles. The molecule has 3 aliphatic rings. The standard InChI is InChI=1S/C48H54BrN15O6S/c1-59-28-30(26-53-59)32-24-36(55-47-52-27-33(49)45(57-47)54-35-9-8-34-42(51-16-15-50-34)43(35)58-71(4,68)69)40(70-3)25-39(32)63-18-13-31(14-19-63)62-22-20-61(21-23-62)17-12-29-6-5-7-37-44(29)60(2)48(67)64(37)38-10-11-41(65)56-46(38)66/h5-9,15-16,24-28,31,38,58H,10-14,17-23H2,1-4H3,(H,56,65,66)(H2,52,54,55,57). The van der Waals surface area contributed by atoms with Crippen molar-refractivity contribution in [1.82, 2.24) is 54.0 Å². The summed E-state index contributed by atoms with van der Waals surface area (Å²) in [6.45, 7) is 6.41. The van der Waals surface area contributed by atoms with Gasteiger partial charge in [0.05, 0.1) is 57.6 Å². The largest absolute Gasteiger partial charge is 0.494 e. The maximum absolute atomic E-state index is 13.5. The highest BCUT2D eigenvalue weighted by molar-refractivity contribution is 9.10. The molecule has 2 amide bonds. The first kappa shape index (κ1) is 47.7. The minimum absolute atomic E-state index is 0.205. The van der Waals surface area contributed by atoms with Crippen molar-refractivity contribution >= 4 is 94.4 Å². The number of nitrogens with one attached hydrogen (secondary N) is 4. The van der Waals surface area contributed by atoms with Crippen molar-refractivity contribution in [2.45, 2.75) is 44.2 Å². The van der Waals surface area contributed by atoms with Crippen LogP contribution in [0.2, 0.25) is 0 Å². The number of methoxy groups -OCH3 is 1. The number of imide groups is 1. The molecule has 0 aliphatic carbocycles. The summed E-state index contributed by atoms with van der Waals surface area (Å²) < 4.78 is 39.0. The second kappa shape index (κ2) is 19.7. The number of amides is 2. The minimum atomic E-state index is -3.68. The van der Waals surface area contributed by atoms with Crippen molar-refractivity contribution in [2.24, 2.45) is 14.1 Å². The van der Waals surface area contributed by atoms with Gasteiger partial charge in [-0.1, -0.05) is 12.1 Å². The van der Waals surface area contributed by atoms with Gasteiger partial charge in [-0.3, -0.25) is 48.3 Å². The average molecular weight is 1050 g/mol. The van der Waals surface area contributed by atoms with Crippen molar-refractivity contribution in [1.29, 1.82) is 0 Å². The molecule has 370 valence electrons. The van der Waals surface area contributed by atoms with Gasteiger partial charge in [-0.15, -0.1) is 0 Å². The molecule has 1 atom stereocenters. The fourth-order valence-corrected chi connectivity index (χ4v) is 11.0. The number of sulfonamides is 1. The Hall–Kier alpha value is -6.95. The van der Waals surface area contributed by atoms with Gasteiger partial charge >= 0.3 is 5.69 Å². The minimum Gasteiger partial charge on any atom is -0.494 e. The number of rotatable bonds is 14. The number of piperidine rings is 2. The SMILES string of the molecule is COc1cc(N2CCC(N3CCN(CCc4cccc5c4n(C)c(=O)n5C4CCC(=O)NC4=O)CC3)CC2)c(-c2cnn(C)c2)cc1Nc1ncc(Br)c(Nc2ccc3nccnc3c2NS(C)(=O)=O)n1. The molecule has 4 aromatic heterocycles. The number of nitrogens with zero attached hydrogens (tertiary/aromatic N) is 11. The molecular formula is C48H54BrN15O6S. The van der Waals surface area contributed by atoms with Gasteiger partial charge in [0.25, 0.3) is 0 Å². The van der Waals surface area contributed by atoms with E-state index in [2.05, 4.69) is 83.5 Å². The van der Waals surface area contributed by atoms with Crippen LogP contribution in [0.15, 0.2) is 82.7 Å². The van der Waals surface area contributed by atoms with Crippen molar-refractivity contribution in [2.75, 3.05) is 79.4 Å². The van der Waals surface area contributed by atoms with Gasteiger partial charge in [0.2, 0.25) is 27.8 Å². The molecule has 10 rings (SSSR count). The number of imidazole rings is 1. The molecule has 7 aromatic rings. The Morgan fingerprint density at radius 1 is 0.901 bits per heavy atom. The molecule has 23 heteroatoms. The number of hydrogen-bond donors (Lipinski definition) is 4. The van der Waals surface area contributed by atoms with E-state index in [0.29, 0.717) is 50.9 Å². The van der Waals surface area contributed by atoms with E-state index in [-0.39, 0.29) is 29.7 Å². The van der Waals surface area contributed by atoms with Crippen LogP contribution in [0.3, 0.4) is 0 Å². The Morgan fingerprint density at radius 2 is 1.69 bits per heavy atom. The van der Waals surface area contributed by atoms with E-state index < -0.39 is 22.0 Å². The maximum Gasteiger partial charge on any atom is 0.329 e. The molecule has 3 saturated heterocycles. The average Bonchev–Trinajstić information content (AvgIpc) is 3.91. The van der Waals surface area contributed by atoms with E-state index in [1.165, 1.54) is 6.20 Å². The summed E-state index contributed by atoms with van der Waals surface area (Å²) >= 11 is 3.55. The zero-order valence-electron chi connectivity index (χ0n) is 39.7. The molecule has 1 unspecified atom stereocenters. The van der Waals surface area contributed by atoms with Crippen LogP contribution in [-0.4, -0.2) is 134 Å². The number of benzene rings is 3. The lowest BCUT2D eigenvalue weighted by atomic mass is 9.98. The number of halogens is 1. The van der Waals surface area contributed by atoms with Crippen molar-refractivity contribution in [3.8, 4) is 16.9 Å². The molecule has 71 heavy (non-hydrogen) atoms. The zero-order chi connectivity index (χ0) is 49.6. The van der Waals surface area contributed by atoms with Crippen LogP contribution < -0.4 is 36.0 Å². The van der Waals surface area contributed by atoms with Crippen molar-refractivity contribution in [3.05, 3.63) is 94.0 Å². The number of fused-ring (bicyclic) bond motifs is 2. The van der Waals surface area contributed by atoms with Gasteiger partial charge in [0, 0.05) is 120 Å². The zero-order valence-corrected chi connectivity index (χ0v) is 42.1. The first-order chi connectivity index (χ1) is 34.2. The summed E-state index contributed by atoms with van der Waals surface area (Å²) in [6, 6.07) is 13.2. The topological polar surface area (TPSA) is 232 Å². The molecule has 21 nitrogen and oxygen atoms in total. The van der Waals surface area contributed by atoms with Gasteiger partial charge in [0.1, 0.15) is 23.1 Å². The van der Waals surface area contributed by atoms with Crippen LogP contribution >= 0.6 is 15.9 Å². The molecule has 4 N–H and O–H groups in total. The third-order valence-corrected chi connectivity index (χ3v) is 14.8. The second-order valence-electron chi connectivity index (χ2n) is 18.2. The molecular weight excluding hydrogens is 995 g/mol. The lowest BCUT2D eigenvalue weighted by Crippen LogP contribution is -2.53.